The molecule has 8 heteroatoms. The van der Waals surface area contributed by atoms with E-state index in [1.54, 1.807) is 12.4 Å². The Kier molecular flexibility index (Phi) is 6.05. The zero-order chi connectivity index (χ0) is 21.9. The van der Waals surface area contributed by atoms with E-state index in [9.17, 15) is 4.79 Å². The first kappa shape index (κ1) is 20.9. The number of furan rings is 1. The molecule has 5 rings (SSSR count). The van der Waals surface area contributed by atoms with Gasteiger partial charge in [0.1, 0.15) is 5.76 Å². The van der Waals surface area contributed by atoms with E-state index in [1.165, 1.54) is 0 Å². The number of likely N-dealkylation sites (tertiary alicyclic amines) is 1. The van der Waals surface area contributed by atoms with E-state index in [-0.39, 0.29) is 11.8 Å². The number of carbonyl (C=O) groups excluding carboxylic acids is 1. The number of hydrogen-bond donors (Lipinski definition) is 1. The molecule has 2 aliphatic heterocycles. The Morgan fingerprint density at radius 2 is 2.03 bits per heavy atom. The highest BCUT2D eigenvalue weighted by Gasteiger charge is 2.30. The van der Waals surface area contributed by atoms with Crippen molar-refractivity contribution in [1.29, 1.82) is 0 Å². The van der Waals surface area contributed by atoms with E-state index >= 15 is 0 Å². The van der Waals surface area contributed by atoms with E-state index in [0.29, 0.717) is 12.3 Å². The molecular weight excluding hydrogens is 406 g/mol. The molecule has 0 saturated carbocycles. The third-order valence-corrected chi connectivity index (χ3v) is 6.51. The number of ether oxygens (including phenoxy) is 1. The van der Waals surface area contributed by atoms with E-state index in [4.69, 9.17) is 9.15 Å². The minimum atomic E-state index is -0.0315. The second-order valence-electron chi connectivity index (χ2n) is 8.60. The van der Waals surface area contributed by atoms with Gasteiger partial charge in [0, 0.05) is 67.9 Å². The van der Waals surface area contributed by atoms with Crippen molar-refractivity contribution in [3.8, 4) is 11.1 Å². The summed E-state index contributed by atoms with van der Waals surface area (Å²) in [6.45, 7) is 7.46. The molecule has 0 aromatic carbocycles. The largest absolute Gasteiger partial charge is 0.456 e. The van der Waals surface area contributed by atoms with Crippen LogP contribution in [-0.2, 0) is 11.3 Å². The second kappa shape index (κ2) is 9.26. The smallest absolute Gasteiger partial charge is 0.289 e. The van der Waals surface area contributed by atoms with Crippen molar-refractivity contribution in [1.82, 2.24) is 25.0 Å². The summed E-state index contributed by atoms with van der Waals surface area (Å²) in [7, 11) is 0. The highest BCUT2D eigenvalue weighted by atomic mass is 16.5. The van der Waals surface area contributed by atoms with Crippen LogP contribution in [0.5, 0.6) is 0 Å². The average Bonchev–Trinajstić information content (AvgIpc) is 3.47. The molecule has 0 radical (unpaired) electrons. The highest BCUT2D eigenvalue weighted by Crippen LogP contribution is 2.33. The maximum absolute atomic E-state index is 13.3. The Morgan fingerprint density at radius 3 is 2.84 bits per heavy atom. The van der Waals surface area contributed by atoms with Crippen LogP contribution in [0.4, 0.5) is 0 Å². The van der Waals surface area contributed by atoms with Crippen molar-refractivity contribution in [3.63, 3.8) is 0 Å². The maximum atomic E-state index is 13.3. The predicted octanol–water partition coefficient (Wildman–Crippen LogP) is 3.23. The molecule has 1 amide bonds. The van der Waals surface area contributed by atoms with Gasteiger partial charge >= 0.3 is 0 Å². The molecule has 0 bridgehead atoms. The summed E-state index contributed by atoms with van der Waals surface area (Å²) in [6.07, 6.45) is 7.40. The van der Waals surface area contributed by atoms with Crippen molar-refractivity contribution < 1.29 is 13.9 Å². The Hall–Kier alpha value is -2.97. The molecule has 2 saturated heterocycles. The molecule has 0 unspecified atom stereocenters. The lowest BCUT2D eigenvalue weighted by molar-refractivity contribution is 0.0340. The maximum Gasteiger partial charge on any atom is 0.289 e. The van der Waals surface area contributed by atoms with Crippen molar-refractivity contribution in [2.45, 2.75) is 32.2 Å². The summed E-state index contributed by atoms with van der Waals surface area (Å²) < 4.78 is 11.3. The Labute approximate surface area is 187 Å². The number of aromatic nitrogens is 3. The number of nitrogens with one attached hydrogen (secondary N) is 1. The summed E-state index contributed by atoms with van der Waals surface area (Å²) in [5, 5.41) is 7.48. The zero-order valence-corrected chi connectivity index (χ0v) is 18.4. The van der Waals surface area contributed by atoms with E-state index in [1.807, 2.05) is 36.2 Å². The number of aryl methyl sites for hydroxylation is 1. The third-order valence-electron chi connectivity index (χ3n) is 6.51. The molecule has 32 heavy (non-hydrogen) atoms. The summed E-state index contributed by atoms with van der Waals surface area (Å²) in [6, 6.07) is 5.90. The van der Waals surface area contributed by atoms with Gasteiger partial charge in [-0.15, -0.1) is 0 Å². The number of piperidine rings is 1. The molecule has 5 heterocycles. The number of rotatable bonds is 5. The molecule has 0 spiro atoms. The van der Waals surface area contributed by atoms with E-state index < -0.39 is 0 Å². The second-order valence-corrected chi connectivity index (χ2v) is 8.60. The predicted molar refractivity (Wildman–Crippen MR) is 119 cm³/mol. The summed E-state index contributed by atoms with van der Waals surface area (Å²) in [4.78, 5) is 21.7. The minimum Gasteiger partial charge on any atom is -0.456 e. The van der Waals surface area contributed by atoms with Gasteiger partial charge in [-0.3, -0.25) is 19.8 Å². The highest BCUT2D eigenvalue weighted by molar-refractivity contribution is 5.92. The van der Waals surface area contributed by atoms with Crippen LogP contribution in [0.1, 0.15) is 46.3 Å². The van der Waals surface area contributed by atoms with Crippen LogP contribution in [0.3, 0.4) is 0 Å². The molecule has 168 valence electrons. The van der Waals surface area contributed by atoms with Crippen LogP contribution < -0.4 is 0 Å². The Bertz CT molecular complexity index is 1050. The lowest BCUT2D eigenvalue weighted by Crippen LogP contribution is -2.39. The van der Waals surface area contributed by atoms with E-state index in [0.717, 1.165) is 80.4 Å². The Morgan fingerprint density at radius 1 is 1.22 bits per heavy atom. The Balaban J connectivity index is 1.30. The number of hydrogen-bond acceptors (Lipinski definition) is 6. The first-order valence-corrected chi connectivity index (χ1v) is 11.3. The lowest BCUT2D eigenvalue weighted by atomic mass is 9.90. The van der Waals surface area contributed by atoms with Crippen molar-refractivity contribution in [2.24, 2.45) is 0 Å². The summed E-state index contributed by atoms with van der Waals surface area (Å²) >= 11 is 0. The average molecular weight is 436 g/mol. The van der Waals surface area contributed by atoms with Crippen LogP contribution in [-0.4, -0.2) is 70.3 Å². The van der Waals surface area contributed by atoms with Crippen molar-refractivity contribution >= 4 is 5.91 Å². The van der Waals surface area contributed by atoms with Gasteiger partial charge in [0.15, 0.2) is 5.76 Å². The number of aromatic amines is 1. The molecule has 2 fully saturated rings. The molecule has 2 aliphatic rings. The number of pyridine rings is 1. The molecular formula is C24H29N5O3. The van der Waals surface area contributed by atoms with Gasteiger partial charge in [-0.1, -0.05) is 0 Å². The van der Waals surface area contributed by atoms with Crippen molar-refractivity contribution in [3.05, 3.63) is 59.6 Å². The topological polar surface area (TPSA) is 87.5 Å². The number of nitrogens with zero attached hydrogens (tertiary/aromatic N) is 4. The third kappa shape index (κ3) is 4.33. The number of amides is 1. The van der Waals surface area contributed by atoms with Gasteiger partial charge in [0.25, 0.3) is 5.91 Å². The molecule has 3 aromatic rings. The fourth-order valence-corrected chi connectivity index (χ4v) is 4.70. The number of carbonyl (C=O) groups is 1. The van der Waals surface area contributed by atoms with Gasteiger partial charge < -0.3 is 14.1 Å². The number of morpholine rings is 1. The van der Waals surface area contributed by atoms with Crippen LogP contribution in [0.15, 0.2) is 41.2 Å². The van der Waals surface area contributed by atoms with Gasteiger partial charge in [-0.2, -0.15) is 5.10 Å². The summed E-state index contributed by atoms with van der Waals surface area (Å²) in [5.74, 6) is 1.44. The standard InChI is InChI=1S/C24H29N5O3/c1-17-20(15-28-9-11-31-12-10-28)13-22(32-17)24(30)29-8-2-3-19(16-29)23-21(14-26-27-23)18-4-6-25-7-5-18/h4-7,13-14,19H,2-3,8-12,15-16H2,1H3,(H,26,27)/t19-/m1/s1. The van der Waals surface area contributed by atoms with Gasteiger partial charge in [-0.05, 0) is 43.5 Å². The quantitative estimate of drug-likeness (QED) is 0.662. The van der Waals surface area contributed by atoms with Gasteiger partial charge in [-0.25, -0.2) is 0 Å². The number of H-pyrrole nitrogens is 1. The monoisotopic (exact) mass is 435 g/mol. The lowest BCUT2D eigenvalue weighted by Gasteiger charge is -2.32. The zero-order valence-electron chi connectivity index (χ0n) is 18.4. The normalized spacial score (nSPS) is 19.9. The fourth-order valence-electron chi connectivity index (χ4n) is 4.70. The van der Waals surface area contributed by atoms with E-state index in [2.05, 4.69) is 20.1 Å². The molecule has 1 atom stereocenters. The van der Waals surface area contributed by atoms with Gasteiger partial charge in [0.2, 0.25) is 0 Å². The molecule has 0 aliphatic carbocycles. The first-order valence-electron chi connectivity index (χ1n) is 11.3. The van der Waals surface area contributed by atoms with Crippen molar-refractivity contribution in [2.75, 3.05) is 39.4 Å². The minimum absolute atomic E-state index is 0.0315. The molecule has 1 N–H and O–H groups in total. The molecule has 8 nitrogen and oxygen atoms in total. The van der Waals surface area contributed by atoms with Crippen LogP contribution in [0, 0.1) is 6.92 Å². The summed E-state index contributed by atoms with van der Waals surface area (Å²) in [5.41, 5.74) is 4.32. The fraction of sp³-hybridized carbons (Fsp3) is 0.458. The first-order chi connectivity index (χ1) is 15.7. The van der Waals surface area contributed by atoms with Crippen LogP contribution in [0.25, 0.3) is 11.1 Å². The van der Waals surface area contributed by atoms with Crippen LogP contribution >= 0.6 is 0 Å². The molecule has 3 aromatic heterocycles. The SMILES string of the molecule is Cc1oc(C(=O)N2CCC[C@@H](c3[nH]ncc3-c3ccncc3)C2)cc1CN1CCOCC1. The van der Waals surface area contributed by atoms with Gasteiger partial charge in [0.05, 0.1) is 19.4 Å². The van der Waals surface area contributed by atoms with Crippen LogP contribution in [0.2, 0.25) is 0 Å².